The number of hydrogen-bond donors (Lipinski definition) is 20. The first-order chi connectivity index (χ1) is 64.4. The van der Waals surface area contributed by atoms with Crippen molar-refractivity contribution in [1.29, 1.82) is 0 Å². The number of H-pyrrole nitrogens is 3. The predicted molar refractivity (Wildman–Crippen MR) is 491 cm³/mol. The zero-order valence-corrected chi connectivity index (χ0v) is 77.1. The van der Waals surface area contributed by atoms with Gasteiger partial charge in [-0.05, 0) is 106 Å². The van der Waals surface area contributed by atoms with Gasteiger partial charge in [0.1, 0.15) is 90.3 Å². The number of phenolic OH excluding ortho intramolecular Hbond substituents is 1. The number of carboxylic acids is 1. The van der Waals surface area contributed by atoms with Gasteiger partial charge in [0.25, 0.3) is 0 Å². The molecule has 3 aliphatic heterocycles. The lowest BCUT2D eigenvalue weighted by Crippen LogP contribution is -2.61. The number of carbonyl (C=O) groups excluding carboxylic acids is 17. The average molecular weight is 1900 g/mol. The number of aromatic hydroxyl groups is 1. The third-order valence-corrected chi connectivity index (χ3v) is 25.2. The molecule has 9 rings (SSSR count). The van der Waals surface area contributed by atoms with Crippen LogP contribution in [0, 0.1) is 0 Å². The summed E-state index contributed by atoms with van der Waals surface area (Å²) in [6, 6.07) is -3.21. The monoisotopic (exact) mass is 1900 g/mol. The number of unbranched alkanes of at least 4 members (excludes halogenated alkanes) is 3. The van der Waals surface area contributed by atoms with Crippen LogP contribution in [0.3, 0.4) is 0 Å². The molecule has 0 bridgehead atoms. The Morgan fingerprint density at radius 1 is 0.533 bits per heavy atom. The fourth-order valence-electron chi connectivity index (χ4n) is 16.6. The van der Waals surface area contributed by atoms with Crippen molar-refractivity contribution in [3.05, 3.63) is 120 Å². The standard InChI is InChI=1S/C90H124N22O22S/c1-7-9-23-69-83(127)100-60(22-15-16-32-91)79(123)107-68(78(122)97-43-74(93)117)46-135-47-75(118)99-64(34-50-26-28-54(114)29-27-50)86(130)108(4)49(3)77(121)104-66(39-73(92)116)89(133)111-33-17-25-70(111)84(128)103-63(37-53-42-94-48-98-53)81(125)101-61(30-31-76(119)120)88(132)112-44-55(115)38-72(112)85(129)102-62(35-51-40-95-58-20-13-11-18-56(51)58)80(124)106-67(45-113)82(126)105-65(36-52-41-96-59-21-14-12-19-57(52)59)87(131)110(6)71(24-10-8-2)90(134)109(69)5/h11-14,18-21,26-29,40-42,48-49,55,60-72,95-96,113-115H,7-10,15-17,22-25,30-39,43-47,91H2,1-6H3,(H2,92,116)(H2,93,117)(H,94,98)(H,97,122)(H,99,118)(H,100,127)(H,101,125)(H,102,129)(H,103,128)(H,104,121)(H,105,126)(H,106,124)(H,107,123)(H,119,120)/t49-,55+,60-,61-,62-,63-,64-,65-,66-,67-,68-,69-,70-,71-,72-/m0/s1. The highest BCUT2D eigenvalue weighted by atomic mass is 32.2. The number of nitrogens with one attached hydrogen (secondary N) is 13. The van der Waals surface area contributed by atoms with E-state index in [4.69, 9.17) is 17.2 Å². The zero-order valence-electron chi connectivity index (χ0n) is 76.2. The minimum Gasteiger partial charge on any atom is -0.508 e. The van der Waals surface area contributed by atoms with Crippen LogP contribution in [-0.4, -0.2) is 327 Å². The van der Waals surface area contributed by atoms with Gasteiger partial charge in [-0.25, -0.2) is 4.98 Å². The minimum atomic E-state index is -1.93. The molecule has 0 aliphatic carbocycles. The van der Waals surface area contributed by atoms with Crippen LogP contribution in [0.4, 0.5) is 0 Å². The molecule has 3 aromatic heterocycles. The molecule has 17 amide bonds. The largest absolute Gasteiger partial charge is 0.508 e. The van der Waals surface area contributed by atoms with Crippen LogP contribution in [0.5, 0.6) is 5.75 Å². The van der Waals surface area contributed by atoms with E-state index in [9.17, 15) is 68.4 Å². The topological polar surface area (TPSA) is 663 Å². The second-order valence-electron chi connectivity index (χ2n) is 34.1. The Morgan fingerprint density at radius 3 is 1.67 bits per heavy atom. The van der Waals surface area contributed by atoms with Gasteiger partial charge in [0.05, 0.1) is 43.5 Å². The summed E-state index contributed by atoms with van der Waals surface area (Å²) < 4.78 is 0. The number of benzene rings is 3. The highest BCUT2D eigenvalue weighted by molar-refractivity contribution is 8.00. The van der Waals surface area contributed by atoms with Crippen molar-refractivity contribution < 1.29 is 107 Å². The molecule has 6 aromatic rings. The molecule has 23 N–H and O–H groups in total. The number of thioether (sulfide) groups is 1. The number of para-hydroxylation sites is 2. The van der Waals surface area contributed by atoms with E-state index in [0.29, 0.717) is 70.6 Å². The number of aliphatic carboxylic acids is 1. The maximum absolute atomic E-state index is 15.7. The van der Waals surface area contributed by atoms with E-state index in [1.54, 1.807) is 60.9 Å². The lowest BCUT2D eigenvalue weighted by molar-refractivity contribution is -0.149. The number of amides is 17. The molecule has 3 aromatic carbocycles. The Bertz CT molecular complexity index is 5210. The molecule has 15 atom stereocenters. The number of aliphatic hydroxyl groups is 2. The van der Waals surface area contributed by atoms with Crippen LogP contribution >= 0.6 is 11.8 Å². The molecular weight excluding hydrogens is 1770 g/mol. The average Bonchev–Trinajstić information content (AvgIpc) is 1.80. The lowest BCUT2D eigenvalue weighted by atomic mass is 10.00. The Hall–Kier alpha value is -13.6. The van der Waals surface area contributed by atoms with Crippen LogP contribution < -0.4 is 70.4 Å². The maximum atomic E-state index is 15.7. The van der Waals surface area contributed by atoms with E-state index in [2.05, 4.69) is 73.1 Å². The number of nitrogens with two attached hydrogens (primary N) is 3. The SMILES string of the molecule is CCCC[C@H]1C(=O)N(C)[C@@H](CCCC)C(=O)N[C@@H](CCCCN)C(=O)N[C@H](C(=O)NCC(N)=O)CSCC(=O)N[C@@H](Cc2ccc(O)cc2)C(=O)N(C)[C@@H](C)C(=O)N[C@@H](CC(N)=O)C(=O)N2CCC[C@H]2C(=O)N[C@@H](Cc2c[nH]cn2)C(=O)N[C@@H](CCC(=O)O)C(=O)N2C[C@H](O)C[C@H]2C(=O)N[C@@H](Cc2c[nH]c3ccccc23)C(=O)N[C@@H](CO)C(=O)N[C@@H](Cc2c[nH]c3ccccc23)C(=O)N1C. The summed E-state index contributed by atoms with van der Waals surface area (Å²) in [5.41, 5.74) is 19.8. The summed E-state index contributed by atoms with van der Waals surface area (Å²) in [6.45, 7) is 2.46. The van der Waals surface area contributed by atoms with Crippen LogP contribution in [-0.2, 0) is 112 Å². The van der Waals surface area contributed by atoms with Crippen molar-refractivity contribution >= 4 is 140 Å². The molecule has 732 valence electrons. The van der Waals surface area contributed by atoms with Crippen LogP contribution in [0.15, 0.2) is 97.7 Å². The van der Waals surface area contributed by atoms with E-state index in [0.717, 1.165) is 36.3 Å². The number of aliphatic hydroxyl groups excluding tert-OH is 2. The van der Waals surface area contributed by atoms with E-state index in [1.807, 2.05) is 13.8 Å². The number of primary amides is 2. The van der Waals surface area contributed by atoms with Gasteiger partial charge in [-0.1, -0.05) is 88.1 Å². The number of imidazole rings is 1. The Labute approximate surface area is 782 Å². The normalized spacial score (nSPS) is 24.7. The molecule has 3 fully saturated rings. The summed E-state index contributed by atoms with van der Waals surface area (Å²) in [5, 5.41) is 70.1. The number of rotatable bonds is 27. The van der Waals surface area contributed by atoms with Crippen molar-refractivity contribution in [2.24, 2.45) is 17.2 Å². The number of hydrogen-bond acceptors (Lipinski definition) is 24. The molecule has 0 spiro atoms. The van der Waals surface area contributed by atoms with Crippen molar-refractivity contribution in [2.45, 2.75) is 233 Å². The number of fused-ring (bicyclic) bond motifs is 4. The first-order valence-electron chi connectivity index (χ1n) is 45.1. The van der Waals surface area contributed by atoms with E-state index < -0.39 is 260 Å². The summed E-state index contributed by atoms with van der Waals surface area (Å²) in [5.74, 6) is -19.4. The number of aromatic amines is 3. The number of carbonyl (C=O) groups is 18. The fraction of sp³-hybridized carbons (Fsp3) is 0.522. The number of phenols is 1. The van der Waals surface area contributed by atoms with Gasteiger partial charge >= 0.3 is 5.97 Å². The third-order valence-electron chi connectivity index (χ3n) is 24.2. The van der Waals surface area contributed by atoms with Gasteiger partial charge in [-0.3, -0.25) is 86.3 Å². The van der Waals surface area contributed by atoms with E-state index in [-0.39, 0.29) is 82.3 Å². The van der Waals surface area contributed by atoms with Crippen LogP contribution in [0.1, 0.15) is 139 Å². The summed E-state index contributed by atoms with van der Waals surface area (Å²) in [7, 11) is 3.89. The number of aromatic nitrogens is 4. The summed E-state index contributed by atoms with van der Waals surface area (Å²) in [6.07, 6.45) is 2.31. The van der Waals surface area contributed by atoms with E-state index in [1.165, 1.54) is 64.9 Å². The molecule has 0 unspecified atom stereocenters. The number of carboxylic acid groups (broad SMARTS) is 1. The Morgan fingerprint density at radius 2 is 1.07 bits per heavy atom. The van der Waals surface area contributed by atoms with Gasteiger partial charge in [-0.2, -0.15) is 0 Å². The van der Waals surface area contributed by atoms with Crippen LogP contribution in [0.2, 0.25) is 0 Å². The van der Waals surface area contributed by atoms with Gasteiger partial charge in [-0.15, -0.1) is 11.8 Å². The van der Waals surface area contributed by atoms with Gasteiger partial charge in [0.15, 0.2) is 0 Å². The first-order valence-corrected chi connectivity index (χ1v) is 46.2. The van der Waals surface area contributed by atoms with Gasteiger partial charge < -0.3 is 130 Å². The molecule has 6 heterocycles. The van der Waals surface area contributed by atoms with Gasteiger partial charge in [0, 0.05) is 119 Å². The number of nitrogens with zero attached hydrogens (tertiary/aromatic N) is 6. The molecule has 0 radical (unpaired) electrons. The highest BCUT2D eigenvalue weighted by Crippen LogP contribution is 2.28. The number of likely N-dealkylation sites (N-methyl/N-ethyl adjacent to an activating group) is 3. The molecule has 45 heteroatoms. The van der Waals surface area contributed by atoms with Crippen LogP contribution in [0.25, 0.3) is 21.8 Å². The smallest absolute Gasteiger partial charge is 0.303 e. The molecular formula is C90H124N22O22S. The zero-order chi connectivity index (χ0) is 98.4. The summed E-state index contributed by atoms with van der Waals surface area (Å²) in [4.78, 5) is 281. The van der Waals surface area contributed by atoms with Crippen molar-refractivity contribution in [2.75, 3.05) is 65.4 Å². The van der Waals surface area contributed by atoms with E-state index >= 15 is 38.4 Å². The third kappa shape index (κ3) is 29.2. The van der Waals surface area contributed by atoms with Crippen molar-refractivity contribution in [3.63, 3.8) is 0 Å². The predicted octanol–water partition coefficient (Wildman–Crippen LogP) is -3.24. The molecule has 3 aliphatic rings. The molecule has 135 heavy (non-hydrogen) atoms. The molecule has 0 saturated carbocycles. The molecule has 44 nitrogen and oxygen atoms in total. The highest BCUT2D eigenvalue weighted by Gasteiger charge is 2.47. The quantitative estimate of drug-likeness (QED) is 0.0225. The first kappa shape index (κ1) is 105. The maximum Gasteiger partial charge on any atom is 0.303 e. The lowest BCUT2D eigenvalue weighted by Gasteiger charge is -2.36. The van der Waals surface area contributed by atoms with Crippen molar-refractivity contribution in [3.8, 4) is 5.75 Å². The fourth-order valence-corrected chi connectivity index (χ4v) is 17.4. The van der Waals surface area contributed by atoms with Crippen molar-refractivity contribution in [1.82, 2.24) is 97.6 Å². The molecule has 3 saturated heterocycles. The second kappa shape index (κ2) is 50.5. The minimum absolute atomic E-state index is 0.000258. The van der Waals surface area contributed by atoms with Gasteiger partial charge in [0.2, 0.25) is 100 Å². The Balaban J connectivity index is 1.10. The Kier molecular flexibility index (Phi) is 39.3. The summed E-state index contributed by atoms with van der Waals surface area (Å²) >= 11 is 0.772. The second-order valence-corrected chi connectivity index (χ2v) is 35.1.